The number of aliphatic carboxylic acids is 1. The summed E-state index contributed by atoms with van der Waals surface area (Å²) in [6, 6.07) is 6.69. The molecule has 5 heteroatoms. The second-order valence-corrected chi connectivity index (χ2v) is 3.88. The summed E-state index contributed by atoms with van der Waals surface area (Å²) in [7, 11) is 1.58. The van der Waals surface area contributed by atoms with Gasteiger partial charge in [-0.3, -0.25) is 4.79 Å². The van der Waals surface area contributed by atoms with Gasteiger partial charge < -0.3 is 20.7 Å². The molecule has 0 amide bonds. The van der Waals surface area contributed by atoms with E-state index in [1.165, 1.54) is 0 Å². The van der Waals surface area contributed by atoms with Crippen LogP contribution >= 0.6 is 0 Å². The zero-order chi connectivity index (χ0) is 12.8. The Bertz CT molecular complexity index is 363. The average molecular weight is 239 g/mol. The summed E-state index contributed by atoms with van der Waals surface area (Å²) < 4.78 is 5.02. The summed E-state index contributed by atoms with van der Waals surface area (Å²) >= 11 is 0. The molecule has 4 N–H and O–H groups in total. The van der Waals surface area contributed by atoms with E-state index in [4.69, 9.17) is 15.6 Å². The van der Waals surface area contributed by atoms with Gasteiger partial charge in [0.2, 0.25) is 0 Å². The molecule has 0 bridgehead atoms. The van der Waals surface area contributed by atoms with E-state index < -0.39 is 18.1 Å². The summed E-state index contributed by atoms with van der Waals surface area (Å²) in [5.41, 5.74) is 6.66. The Balaban J connectivity index is 2.54. The van der Waals surface area contributed by atoms with Gasteiger partial charge in [0.1, 0.15) is 5.75 Å². The number of aliphatic hydroxyl groups is 1. The lowest BCUT2D eigenvalue weighted by Gasteiger charge is -2.17. The maximum absolute atomic E-state index is 10.4. The first-order valence-electron chi connectivity index (χ1n) is 5.31. The molecule has 0 aliphatic carbocycles. The summed E-state index contributed by atoms with van der Waals surface area (Å²) in [5.74, 6) is -0.309. The molecule has 0 heterocycles. The predicted octanol–water partition coefficient (Wildman–Crippen LogP) is 0.401. The maximum Gasteiger partial charge on any atom is 0.306 e. The van der Waals surface area contributed by atoms with Gasteiger partial charge >= 0.3 is 5.97 Å². The molecular weight excluding hydrogens is 222 g/mol. The molecule has 0 unspecified atom stereocenters. The maximum atomic E-state index is 10.4. The van der Waals surface area contributed by atoms with E-state index in [1.54, 1.807) is 19.2 Å². The fourth-order valence-electron chi connectivity index (χ4n) is 1.50. The van der Waals surface area contributed by atoms with E-state index in [1.807, 2.05) is 12.1 Å². The molecule has 0 aromatic heterocycles. The third kappa shape index (κ3) is 4.42. The third-order valence-electron chi connectivity index (χ3n) is 2.51. The second kappa shape index (κ2) is 6.22. The summed E-state index contributed by atoms with van der Waals surface area (Å²) in [6.45, 7) is 0. The van der Waals surface area contributed by atoms with Crippen LogP contribution in [0, 0.1) is 0 Å². The molecule has 0 fully saturated rings. The van der Waals surface area contributed by atoms with Crippen molar-refractivity contribution in [1.82, 2.24) is 0 Å². The quantitative estimate of drug-likeness (QED) is 0.668. The second-order valence-electron chi connectivity index (χ2n) is 3.88. The number of rotatable bonds is 6. The minimum Gasteiger partial charge on any atom is -0.497 e. The van der Waals surface area contributed by atoms with Gasteiger partial charge in [-0.1, -0.05) is 12.1 Å². The fourth-order valence-corrected chi connectivity index (χ4v) is 1.50. The SMILES string of the molecule is COc1ccc(C[C@H](N)[C@@H](O)CC(=O)O)cc1. The highest BCUT2D eigenvalue weighted by atomic mass is 16.5. The van der Waals surface area contributed by atoms with Gasteiger partial charge in [-0.05, 0) is 24.1 Å². The summed E-state index contributed by atoms with van der Waals surface area (Å²) in [6.07, 6.45) is -0.940. The van der Waals surface area contributed by atoms with Crippen LogP contribution in [-0.2, 0) is 11.2 Å². The van der Waals surface area contributed by atoms with Crippen LogP contribution < -0.4 is 10.5 Å². The van der Waals surface area contributed by atoms with Gasteiger partial charge in [0, 0.05) is 6.04 Å². The first kappa shape index (κ1) is 13.5. The van der Waals surface area contributed by atoms with Gasteiger partial charge in [-0.25, -0.2) is 0 Å². The van der Waals surface area contributed by atoms with E-state index in [0.717, 1.165) is 11.3 Å². The first-order chi connectivity index (χ1) is 8.02. The van der Waals surface area contributed by atoms with Gasteiger partial charge in [0.15, 0.2) is 0 Å². The molecule has 1 aromatic carbocycles. The van der Waals surface area contributed by atoms with Crippen molar-refractivity contribution in [3.05, 3.63) is 29.8 Å². The Morgan fingerprint density at radius 2 is 2.00 bits per heavy atom. The molecule has 0 aliphatic rings. The van der Waals surface area contributed by atoms with Crippen molar-refractivity contribution in [3.63, 3.8) is 0 Å². The van der Waals surface area contributed by atoms with Crippen LogP contribution in [0.15, 0.2) is 24.3 Å². The van der Waals surface area contributed by atoms with Crippen LogP contribution in [0.3, 0.4) is 0 Å². The predicted molar refractivity (Wildman–Crippen MR) is 62.9 cm³/mol. The van der Waals surface area contributed by atoms with E-state index in [2.05, 4.69) is 0 Å². The highest BCUT2D eigenvalue weighted by molar-refractivity contribution is 5.67. The Morgan fingerprint density at radius 1 is 1.41 bits per heavy atom. The number of methoxy groups -OCH3 is 1. The van der Waals surface area contributed by atoms with Crippen LogP contribution in [0.4, 0.5) is 0 Å². The number of carbonyl (C=O) groups is 1. The number of hydrogen-bond acceptors (Lipinski definition) is 4. The normalized spacial score (nSPS) is 14.1. The van der Waals surface area contributed by atoms with Gasteiger partial charge in [0.25, 0.3) is 0 Å². The van der Waals surface area contributed by atoms with Crippen molar-refractivity contribution in [1.29, 1.82) is 0 Å². The zero-order valence-corrected chi connectivity index (χ0v) is 9.67. The molecule has 1 aromatic rings. The summed E-state index contributed by atoms with van der Waals surface area (Å²) in [4.78, 5) is 10.4. The standard InChI is InChI=1S/C12H17NO4/c1-17-9-4-2-8(3-5-9)6-10(13)11(14)7-12(15)16/h2-5,10-11,14H,6-7,13H2,1H3,(H,15,16)/t10-,11-/m0/s1. The van der Waals surface area contributed by atoms with Gasteiger partial charge in [0.05, 0.1) is 19.6 Å². The number of ether oxygens (including phenoxy) is 1. The van der Waals surface area contributed by atoms with Crippen LogP contribution in [0.5, 0.6) is 5.75 Å². The average Bonchev–Trinajstić information content (AvgIpc) is 2.29. The van der Waals surface area contributed by atoms with E-state index >= 15 is 0 Å². The molecule has 0 aliphatic heterocycles. The number of carboxylic acid groups (broad SMARTS) is 1. The molecular formula is C12H17NO4. The highest BCUT2D eigenvalue weighted by Gasteiger charge is 2.18. The lowest BCUT2D eigenvalue weighted by molar-refractivity contribution is -0.139. The Kier molecular flexibility index (Phi) is 4.93. The minimum atomic E-state index is -1.05. The molecule has 0 spiro atoms. The van der Waals surface area contributed by atoms with Crippen LogP contribution in [0.2, 0.25) is 0 Å². The van der Waals surface area contributed by atoms with E-state index in [0.29, 0.717) is 6.42 Å². The lowest BCUT2D eigenvalue weighted by Crippen LogP contribution is -2.38. The number of aliphatic hydroxyl groups excluding tert-OH is 1. The zero-order valence-electron chi connectivity index (χ0n) is 9.67. The minimum absolute atomic E-state index is 0.336. The third-order valence-corrected chi connectivity index (χ3v) is 2.51. The Morgan fingerprint density at radius 3 is 2.47 bits per heavy atom. The smallest absolute Gasteiger partial charge is 0.306 e. The molecule has 0 saturated heterocycles. The van der Waals surface area contributed by atoms with Gasteiger partial charge in [-0.15, -0.1) is 0 Å². The molecule has 1 rings (SSSR count). The molecule has 5 nitrogen and oxygen atoms in total. The van der Waals surface area contributed by atoms with Crippen LogP contribution in [0.25, 0.3) is 0 Å². The number of carboxylic acids is 1. The lowest BCUT2D eigenvalue weighted by atomic mass is 10.0. The topological polar surface area (TPSA) is 92.8 Å². The Hall–Kier alpha value is -1.59. The van der Waals surface area contributed by atoms with Crippen molar-refractivity contribution >= 4 is 5.97 Å². The summed E-state index contributed by atoms with van der Waals surface area (Å²) in [5, 5.41) is 18.1. The van der Waals surface area contributed by atoms with Crippen LogP contribution in [0.1, 0.15) is 12.0 Å². The monoisotopic (exact) mass is 239 g/mol. The van der Waals surface area contributed by atoms with Crippen LogP contribution in [-0.4, -0.2) is 35.4 Å². The molecule has 0 saturated carbocycles. The van der Waals surface area contributed by atoms with Crippen molar-refractivity contribution in [2.45, 2.75) is 25.0 Å². The van der Waals surface area contributed by atoms with Crippen molar-refractivity contribution < 1.29 is 19.7 Å². The number of benzene rings is 1. The molecule has 17 heavy (non-hydrogen) atoms. The van der Waals surface area contributed by atoms with E-state index in [-0.39, 0.29) is 6.42 Å². The van der Waals surface area contributed by atoms with Crippen molar-refractivity contribution in [3.8, 4) is 5.75 Å². The Labute approximate surface area is 99.8 Å². The molecule has 94 valence electrons. The number of hydrogen-bond donors (Lipinski definition) is 3. The van der Waals surface area contributed by atoms with Crippen molar-refractivity contribution in [2.75, 3.05) is 7.11 Å². The fraction of sp³-hybridized carbons (Fsp3) is 0.417. The van der Waals surface area contributed by atoms with E-state index in [9.17, 15) is 9.90 Å². The molecule has 0 radical (unpaired) electrons. The molecule has 2 atom stereocenters. The highest BCUT2D eigenvalue weighted by Crippen LogP contribution is 2.13. The first-order valence-corrected chi connectivity index (χ1v) is 5.31. The van der Waals surface area contributed by atoms with Gasteiger partial charge in [-0.2, -0.15) is 0 Å². The largest absolute Gasteiger partial charge is 0.497 e. The van der Waals surface area contributed by atoms with Crippen molar-refractivity contribution in [2.24, 2.45) is 5.73 Å². The number of nitrogens with two attached hydrogens (primary N) is 1.